The molecule has 3 atom stereocenters. The van der Waals surface area contributed by atoms with Crippen molar-refractivity contribution in [1.82, 2.24) is 14.5 Å². The van der Waals surface area contributed by atoms with Crippen molar-refractivity contribution in [1.29, 1.82) is 0 Å². The van der Waals surface area contributed by atoms with E-state index in [2.05, 4.69) is 15.0 Å². The summed E-state index contributed by atoms with van der Waals surface area (Å²) in [5.41, 5.74) is -0.757. The molecule has 10 nitrogen and oxygen atoms in total. The minimum absolute atomic E-state index is 0.0344. The highest BCUT2D eigenvalue weighted by atomic mass is 19.4. The fourth-order valence-electron chi connectivity index (χ4n) is 7.53. The monoisotopic (exact) mass is 734 g/mol. The molecule has 15 heteroatoms. The molecule has 2 saturated carbocycles. The molecule has 0 spiro atoms. The second kappa shape index (κ2) is 12.2. The number of alkyl halides is 3. The molecular formula is C37H43F5N4O6. The van der Waals surface area contributed by atoms with Crippen LogP contribution in [0.25, 0.3) is 22.2 Å². The fraction of sp³-hybridized carbons (Fsp3) is 0.595. The van der Waals surface area contributed by atoms with Gasteiger partial charge in [-0.25, -0.2) is 23.4 Å². The van der Waals surface area contributed by atoms with Crippen molar-refractivity contribution >= 4 is 28.8 Å². The maximum atomic E-state index is 17.4. The minimum atomic E-state index is -5.33. The highest BCUT2D eigenvalue weighted by molar-refractivity contribution is 5.94. The Morgan fingerprint density at radius 1 is 0.981 bits per heavy atom. The summed E-state index contributed by atoms with van der Waals surface area (Å²) in [5, 5.41) is 2.90. The van der Waals surface area contributed by atoms with E-state index in [9.17, 15) is 22.8 Å². The Morgan fingerprint density at radius 2 is 1.60 bits per heavy atom. The van der Waals surface area contributed by atoms with Gasteiger partial charge in [-0.3, -0.25) is 5.32 Å². The van der Waals surface area contributed by atoms with Gasteiger partial charge in [0.15, 0.2) is 17.4 Å². The van der Waals surface area contributed by atoms with Gasteiger partial charge < -0.3 is 28.4 Å². The van der Waals surface area contributed by atoms with E-state index in [0.29, 0.717) is 36.8 Å². The third-order valence-electron chi connectivity index (χ3n) is 9.62. The van der Waals surface area contributed by atoms with Crippen LogP contribution in [0.2, 0.25) is 0 Å². The first kappa shape index (κ1) is 36.2. The number of nitrogens with zero attached hydrogens (tertiary/aromatic N) is 3. The lowest BCUT2D eigenvalue weighted by molar-refractivity contribution is -0.275. The van der Waals surface area contributed by atoms with E-state index in [1.165, 1.54) is 0 Å². The van der Waals surface area contributed by atoms with Crippen LogP contribution in [0.4, 0.5) is 37.2 Å². The number of ether oxygens (including phenoxy) is 4. The number of carbonyl (C=O) groups is 2. The molecule has 7 rings (SSSR count). The van der Waals surface area contributed by atoms with E-state index in [0.717, 1.165) is 30.2 Å². The van der Waals surface area contributed by atoms with Crippen molar-refractivity contribution in [3.05, 3.63) is 40.7 Å². The number of pyridine rings is 1. The van der Waals surface area contributed by atoms with Crippen LogP contribution in [0, 0.1) is 23.5 Å². The Bertz CT molecular complexity index is 1940. The summed E-state index contributed by atoms with van der Waals surface area (Å²) in [5.74, 6) is -3.92. The maximum Gasteiger partial charge on any atom is 0.573 e. The fourth-order valence-corrected chi connectivity index (χ4v) is 7.53. The minimum Gasteiger partial charge on any atom is -0.444 e. The predicted octanol–water partition coefficient (Wildman–Crippen LogP) is 9.34. The van der Waals surface area contributed by atoms with Crippen molar-refractivity contribution in [2.75, 3.05) is 25.0 Å². The maximum absolute atomic E-state index is 17.4. The van der Waals surface area contributed by atoms with Gasteiger partial charge in [-0.2, -0.15) is 0 Å². The Labute approximate surface area is 297 Å². The highest BCUT2D eigenvalue weighted by Crippen LogP contribution is 2.63. The van der Waals surface area contributed by atoms with Crippen molar-refractivity contribution in [2.45, 2.75) is 110 Å². The number of benzene rings is 1. The van der Waals surface area contributed by atoms with Crippen LogP contribution in [-0.4, -0.2) is 63.9 Å². The number of nitrogens with one attached hydrogen (secondary N) is 1. The summed E-state index contributed by atoms with van der Waals surface area (Å²) >= 11 is 0. The molecule has 4 fully saturated rings. The molecule has 52 heavy (non-hydrogen) atoms. The van der Waals surface area contributed by atoms with Gasteiger partial charge in [0.25, 0.3) is 0 Å². The van der Waals surface area contributed by atoms with Gasteiger partial charge in [-0.1, -0.05) is 13.8 Å². The zero-order valence-corrected chi connectivity index (χ0v) is 30.3. The van der Waals surface area contributed by atoms with Crippen LogP contribution in [-0.2, 0) is 14.2 Å². The van der Waals surface area contributed by atoms with Gasteiger partial charge in [0.05, 0.1) is 29.1 Å². The van der Waals surface area contributed by atoms with Crippen LogP contribution in [0.3, 0.4) is 0 Å². The van der Waals surface area contributed by atoms with E-state index in [1.54, 1.807) is 25.7 Å². The number of amides is 2. The number of anilines is 1. The second-order valence-electron chi connectivity index (χ2n) is 16.5. The highest BCUT2D eigenvalue weighted by Gasteiger charge is 2.60. The zero-order chi connectivity index (χ0) is 37.8. The number of hydrogen-bond donors (Lipinski definition) is 1. The molecule has 1 N–H and O–H groups in total. The quantitative estimate of drug-likeness (QED) is 0.190. The van der Waals surface area contributed by atoms with Crippen molar-refractivity contribution in [3.8, 4) is 17.0 Å². The van der Waals surface area contributed by atoms with Crippen molar-refractivity contribution < 1.29 is 50.5 Å². The molecule has 3 unspecified atom stereocenters. The summed E-state index contributed by atoms with van der Waals surface area (Å²) in [7, 11) is 0. The van der Waals surface area contributed by atoms with Gasteiger partial charge in [-0.05, 0) is 89.7 Å². The van der Waals surface area contributed by atoms with E-state index in [-0.39, 0.29) is 47.0 Å². The number of halogens is 5. The molecule has 2 aliphatic heterocycles. The van der Waals surface area contributed by atoms with Gasteiger partial charge in [0.1, 0.15) is 23.0 Å². The number of piperidine rings is 1. The lowest BCUT2D eigenvalue weighted by Crippen LogP contribution is -2.36. The molecule has 0 bridgehead atoms. The molecule has 4 aliphatic rings. The van der Waals surface area contributed by atoms with E-state index < -0.39 is 58.4 Å². The molecule has 1 aromatic carbocycles. The van der Waals surface area contributed by atoms with Gasteiger partial charge in [0.2, 0.25) is 0 Å². The Morgan fingerprint density at radius 3 is 2.12 bits per heavy atom. The lowest BCUT2D eigenvalue weighted by Gasteiger charge is -2.26. The molecule has 2 aliphatic carbocycles. The number of aromatic nitrogens is 2. The Hall–Kier alpha value is -4.14. The van der Waals surface area contributed by atoms with Crippen LogP contribution < -0.4 is 10.1 Å². The molecule has 2 amide bonds. The molecule has 4 heterocycles. The first-order chi connectivity index (χ1) is 24.1. The Balaban J connectivity index is 1.39. The van der Waals surface area contributed by atoms with E-state index >= 15 is 8.78 Å². The smallest absolute Gasteiger partial charge is 0.444 e. The number of likely N-dealkylation sites (tertiary alicyclic amines) is 1. The first-order valence-electron chi connectivity index (χ1n) is 17.6. The number of hydrogen-bond acceptors (Lipinski definition) is 7. The number of carbonyl (C=O) groups excluding carboxylic acids is 2. The average Bonchev–Trinajstić information content (AvgIpc) is 3.94. The first-order valence-corrected chi connectivity index (χ1v) is 17.6. The van der Waals surface area contributed by atoms with Crippen molar-refractivity contribution in [3.63, 3.8) is 0 Å². The van der Waals surface area contributed by atoms with Crippen LogP contribution in [0.5, 0.6) is 5.75 Å². The van der Waals surface area contributed by atoms with Gasteiger partial charge in [-0.15, -0.1) is 13.2 Å². The number of epoxide rings is 1. The molecule has 2 aromatic heterocycles. The molecule has 282 valence electrons. The SMILES string of the molecule is CC(C)c1nc(-c2cc(NC(=O)OC(C)(C)C)cc(F)c2OC(F)(F)F)c(F)c2c1c(C1C3CN(C(=O)OC(C)(C)C)CC31)c(C1CO1)n2C1CC1. The van der Waals surface area contributed by atoms with E-state index in [1.807, 2.05) is 39.2 Å². The third kappa shape index (κ3) is 7.00. The van der Waals surface area contributed by atoms with Crippen LogP contribution >= 0.6 is 0 Å². The van der Waals surface area contributed by atoms with Gasteiger partial charge >= 0.3 is 18.5 Å². The summed E-state index contributed by atoms with van der Waals surface area (Å²) in [4.78, 5) is 31.9. The summed E-state index contributed by atoms with van der Waals surface area (Å²) in [6, 6.07) is 1.57. The summed E-state index contributed by atoms with van der Waals surface area (Å²) in [6.07, 6.45) is -5.50. The standard InChI is InChI=1S/C37H43F5N4O6/c1-16(2)28-26-25(24-20-13-45(14-21(20)24)34(48)52-36(6,7)8)30(23-15-49-23)46(18-9-10-18)31(26)27(39)29(44-28)19-11-17(43-33(47)51-35(3,4)5)12-22(38)32(19)50-37(40,41)42/h11-12,16,18,20-21,23-24H,9-10,13-15H2,1-8H3,(H,43,47). The topological polar surface area (TPSA) is 107 Å². The zero-order valence-electron chi connectivity index (χ0n) is 30.3. The number of rotatable bonds is 7. The van der Waals surface area contributed by atoms with Crippen LogP contribution in [0.15, 0.2) is 12.1 Å². The predicted molar refractivity (Wildman–Crippen MR) is 180 cm³/mol. The lowest BCUT2D eigenvalue weighted by atomic mass is 9.95. The number of fused-ring (bicyclic) bond motifs is 2. The molecule has 0 radical (unpaired) electrons. The van der Waals surface area contributed by atoms with Gasteiger partial charge in [0, 0.05) is 36.3 Å². The molecule has 3 aromatic rings. The normalized spacial score (nSPS) is 22.8. The average molecular weight is 735 g/mol. The van der Waals surface area contributed by atoms with Crippen molar-refractivity contribution in [2.24, 2.45) is 11.8 Å². The van der Waals surface area contributed by atoms with E-state index in [4.69, 9.17) is 14.2 Å². The second-order valence-corrected chi connectivity index (χ2v) is 16.5. The van der Waals surface area contributed by atoms with Crippen LogP contribution in [0.1, 0.15) is 109 Å². The summed E-state index contributed by atoms with van der Waals surface area (Å²) in [6.45, 7) is 15.3. The molecular weight excluding hydrogens is 691 g/mol. The third-order valence-corrected chi connectivity index (χ3v) is 9.62. The summed E-state index contributed by atoms with van der Waals surface area (Å²) < 4.78 is 97.0. The largest absolute Gasteiger partial charge is 0.573 e. The molecule has 2 saturated heterocycles. The Kier molecular flexibility index (Phi) is 8.50.